The minimum Gasteiger partial charge on any atom is -1.00 e. The highest BCUT2D eigenvalue weighted by molar-refractivity contribution is 5.92. The Balaban J connectivity index is 0.00000304. The van der Waals surface area contributed by atoms with Gasteiger partial charge in [-0.25, -0.2) is 4.68 Å². The van der Waals surface area contributed by atoms with Gasteiger partial charge in [-0.2, -0.15) is 5.10 Å². The number of rotatable bonds is 8. The van der Waals surface area contributed by atoms with Gasteiger partial charge in [-0.1, -0.05) is 18.2 Å². The molecule has 9 heteroatoms. The second-order valence-electron chi connectivity index (χ2n) is 8.50. The van der Waals surface area contributed by atoms with Crippen LogP contribution in [0.5, 0.6) is 11.5 Å². The molecular weight excluding hydrogens is 480 g/mol. The van der Waals surface area contributed by atoms with E-state index in [-0.39, 0.29) is 18.3 Å². The number of fused-ring (bicyclic) bond motifs is 1. The fourth-order valence-electron chi connectivity index (χ4n) is 4.20. The van der Waals surface area contributed by atoms with Gasteiger partial charge in [0.25, 0.3) is 0 Å². The van der Waals surface area contributed by atoms with Gasteiger partial charge in [-0.05, 0) is 49.4 Å². The van der Waals surface area contributed by atoms with Crippen LogP contribution in [-0.2, 0) is 9.53 Å². The maximum absolute atomic E-state index is 12.5. The van der Waals surface area contributed by atoms with Crippen LogP contribution in [0.15, 0.2) is 60.8 Å². The Hall–Kier alpha value is -3.33. The summed E-state index contributed by atoms with van der Waals surface area (Å²) >= 11 is 0. The normalized spacial score (nSPS) is 15.4. The van der Waals surface area contributed by atoms with Gasteiger partial charge < -0.3 is 31.9 Å². The number of hydrogen-bond acceptors (Lipinski definition) is 6. The lowest BCUT2D eigenvalue weighted by molar-refractivity contribution is -0.116. The van der Waals surface area contributed by atoms with E-state index in [2.05, 4.69) is 10.2 Å². The Morgan fingerprint density at radius 3 is 2.58 bits per heavy atom. The maximum atomic E-state index is 12.5. The van der Waals surface area contributed by atoms with Gasteiger partial charge in [0.1, 0.15) is 18.9 Å². The van der Waals surface area contributed by atoms with Gasteiger partial charge >= 0.3 is 0 Å². The van der Waals surface area contributed by atoms with Crippen LogP contribution in [0.4, 0.5) is 0 Å². The summed E-state index contributed by atoms with van der Waals surface area (Å²) in [7, 11) is 0. The lowest BCUT2D eigenvalue weighted by atomic mass is 10.1. The highest BCUT2D eigenvalue weighted by Crippen LogP contribution is 2.35. The fraction of sp³-hybridized carbons (Fsp3) is 0.333. The van der Waals surface area contributed by atoms with Crippen LogP contribution in [0.25, 0.3) is 23.0 Å². The molecule has 3 aromatic rings. The lowest BCUT2D eigenvalue weighted by Crippen LogP contribution is -3.00. The maximum Gasteiger partial charge on any atom is 0.244 e. The third-order valence-electron chi connectivity index (χ3n) is 6.05. The first-order chi connectivity index (χ1) is 17.3. The van der Waals surface area contributed by atoms with Crippen LogP contribution < -0.4 is 27.2 Å². The zero-order valence-corrected chi connectivity index (χ0v) is 20.8. The molecule has 0 aliphatic carbocycles. The SMILES string of the molecule is O=C(/C=C/c1cn(-c2ccccc2)nc1-c1ccc2c(c1)OCCO2)NCCCN1CCOCC1.[Cl-]. The van der Waals surface area contributed by atoms with Crippen molar-refractivity contribution in [1.29, 1.82) is 0 Å². The average molecular weight is 510 g/mol. The van der Waals surface area contributed by atoms with Crippen LogP contribution in [0.1, 0.15) is 12.0 Å². The molecule has 5 rings (SSSR count). The quantitative estimate of drug-likeness (QED) is 0.344. The van der Waals surface area contributed by atoms with Crippen molar-refractivity contribution in [3.05, 3.63) is 66.4 Å². The monoisotopic (exact) mass is 509 g/mol. The largest absolute Gasteiger partial charge is 1.00 e. The van der Waals surface area contributed by atoms with E-state index in [1.165, 1.54) is 0 Å². The number of carbonyl (C=O) groups excluding carboxylic acids is 1. The van der Waals surface area contributed by atoms with E-state index in [9.17, 15) is 4.79 Å². The van der Waals surface area contributed by atoms with Crippen LogP contribution >= 0.6 is 0 Å². The van der Waals surface area contributed by atoms with Gasteiger partial charge in [0.15, 0.2) is 11.5 Å². The van der Waals surface area contributed by atoms with E-state index in [1.54, 1.807) is 6.08 Å². The van der Waals surface area contributed by atoms with Crippen molar-refractivity contribution in [1.82, 2.24) is 20.0 Å². The van der Waals surface area contributed by atoms with Crippen molar-refractivity contribution in [3.63, 3.8) is 0 Å². The van der Waals surface area contributed by atoms with Crippen molar-refractivity contribution in [2.45, 2.75) is 6.42 Å². The summed E-state index contributed by atoms with van der Waals surface area (Å²) in [6, 6.07) is 15.7. The molecule has 0 bridgehead atoms. The standard InChI is InChI=1S/C27H30N4O4.ClH/c32-26(28-11-4-12-30-13-15-33-16-14-30)10-8-22-20-31(23-5-2-1-3-6-23)29-27(22)21-7-9-24-25(19-21)35-18-17-34-24;/h1-3,5-10,19-20H,4,11-18H2,(H,28,32);1H/p-1/b10-8+;. The van der Waals surface area contributed by atoms with Crippen molar-refractivity contribution in [3.8, 4) is 28.4 Å². The number of ether oxygens (including phenoxy) is 3. The topological polar surface area (TPSA) is 77.9 Å². The third-order valence-corrected chi connectivity index (χ3v) is 6.05. The number of halogens is 1. The molecule has 2 aliphatic rings. The van der Waals surface area contributed by atoms with Gasteiger partial charge in [-0.15, -0.1) is 0 Å². The average Bonchev–Trinajstić information content (AvgIpc) is 3.35. The first kappa shape index (κ1) is 25.8. The zero-order valence-electron chi connectivity index (χ0n) is 20.1. The Morgan fingerprint density at radius 1 is 1.00 bits per heavy atom. The molecule has 1 saturated heterocycles. The molecule has 0 saturated carbocycles. The van der Waals surface area contributed by atoms with Gasteiger partial charge in [0.2, 0.25) is 5.91 Å². The number of morpholine rings is 1. The lowest BCUT2D eigenvalue weighted by Gasteiger charge is -2.26. The Labute approximate surface area is 217 Å². The smallest absolute Gasteiger partial charge is 0.244 e. The fourth-order valence-corrected chi connectivity index (χ4v) is 4.20. The van der Waals surface area contributed by atoms with Crippen molar-refractivity contribution in [2.24, 2.45) is 0 Å². The second kappa shape index (κ2) is 12.6. The number of para-hydroxylation sites is 1. The van der Waals surface area contributed by atoms with Crippen molar-refractivity contribution in [2.75, 3.05) is 52.6 Å². The Morgan fingerprint density at radius 2 is 1.78 bits per heavy atom. The molecule has 1 amide bonds. The van der Waals surface area contributed by atoms with Crippen LogP contribution in [-0.4, -0.2) is 73.2 Å². The van der Waals surface area contributed by atoms with Crippen molar-refractivity contribution >= 4 is 12.0 Å². The number of aromatic nitrogens is 2. The van der Waals surface area contributed by atoms with Crippen LogP contribution in [0, 0.1) is 0 Å². The minimum absolute atomic E-state index is 0. The molecule has 2 aromatic carbocycles. The number of hydrogen-bond donors (Lipinski definition) is 1. The van der Waals surface area contributed by atoms with E-state index in [0.717, 1.165) is 67.5 Å². The number of amides is 1. The summed E-state index contributed by atoms with van der Waals surface area (Å²) in [5, 5.41) is 7.81. The highest BCUT2D eigenvalue weighted by Gasteiger charge is 2.16. The molecule has 190 valence electrons. The molecule has 0 radical (unpaired) electrons. The molecule has 1 aromatic heterocycles. The highest BCUT2D eigenvalue weighted by atomic mass is 35.5. The predicted octanol–water partition coefficient (Wildman–Crippen LogP) is 0.166. The minimum atomic E-state index is -0.118. The number of nitrogens with one attached hydrogen (secondary N) is 1. The summed E-state index contributed by atoms with van der Waals surface area (Å²) < 4.78 is 18.6. The van der Waals surface area contributed by atoms with E-state index >= 15 is 0 Å². The van der Waals surface area contributed by atoms with Crippen molar-refractivity contribution < 1.29 is 31.4 Å². The summed E-state index contributed by atoms with van der Waals surface area (Å²) in [4.78, 5) is 14.9. The molecule has 2 aliphatic heterocycles. The van der Waals surface area contributed by atoms with Crippen LogP contribution in [0.2, 0.25) is 0 Å². The summed E-state index contributed by atoms with van der Waals surface area (Å²) in [5.41, 5.74) is 3.45. The van der Waals surface area contributed by atoms with E-state index in [0.29, 0.717) is 25.5 Å². The van der Waals surface area contributed by atoms with E-state index < -0.39 is 0 Å². The molecule has 1 N–H and O–H groups in total. The Kier molecular flexibility index (Phi) is 9.00. The number of carbonyl (C=O) groups is 1. The summed E-state index contributed by atoms with van der Waals surface area (Å²) in [5.74, 6) is 1.32. The molecule has 0 unspecified atom stereocenters. The molecule has 36 heavy (non-hydrogen) atoms. The van der Waals surface area contributed by atoms with Crippen LogP contribution in [0.3, 0.4) is 0 Å². The zero-order chi connectivity index (χ0) is 23.9. The molecule has 3 heterocycles. The summed E-state index contributed by atoms with van der Waals surface area (Å²) in [6.07, 6.45) is 6.23. The summed E-state index contributed by atoms with van der Waals surface area (Å²) in [6.45, 7) is 6.17. The van der Waals surface area contributed by atoms with E-state index in [1.807, 2.05) is 65.5 Å². The first-order valence-corrected chi connectivity index (χ1v) is 12.1. The Bertz CT molecular complexity index is 1180. The van der Waals surface area contributed by atoms with Gasteiger partial charge in [0, 0.05) is 43.0 Å². The number of benzene rings is 2. The molecular formula is C27H30ClN4O4-. The predicted molar refractivity (Wildman–Crippen MR) is 134 cm³/mol. The van der Waals surface area contributed by atoms with Gasteiger partial charge in [-0.3, -0.25) is 9.69 Å². The third kappa shape index (κ3) is 6.46. The first-order valence-electron chi connectivity index (χ1n) is 12.1. The molecule has 0 atom stereocenters. The number of nitrogens with zero attached hydrogens (tertiary/aromatic N) is 3. The second-order valence-corrected chi connectivity index (χ2v) is 8.50. The molecule has 1 fully saturated rings. The molecule has 0 spiro atoms. The van der Waals surface area contributed by atoms with Gasteiger partial charge in [0.05, 0.1) is 18.9 Å². The molecule has 8 nitrogen and oxygen atoms in total. The van der Waals surface area contributed by atoms with E-state index in [4.69, 9.17) is 19.3 Å².